The number of ether oxygens (including phenoxy) is 2. The van der Waals surface area contributed by atoms with Crippen LogP contribution in [0, 0.1) is 0 Å². The van der Waals surface area contributed by atoms with E-state index in [0.717, 1.165) is 41.4 Å². The summed E-state index contributed by atoms with van der Waals surface area (Å²) in [7, 11) is 1.84. The average Bonchev–Trinajstić information content (AvgIpc) is 3.00. The number of hydrogen-bond acceptors (Lipinski definition) is 4. The summed E-state index contributed by atoms with van der Waals surface area (Å²) in [5.74, 6) is 2.39. The van der Waals surface area contributed by atoms with Gasteiger partial charge in [-0.2, -0.15) is 5.10 Å². The lowest BCUT2D eigenvalue weighted by Gasteiger charge is -2.13. The van der Waals surface area contributed by atoms with E-state index in [0.29, 0.717) is 13.2 Å². The van der Waals surface area contributed by atoms with Crippen LogP contribution in [0.5, 0.6) is 11.5 Å². The van der Waals surface area contributed by atoms with Crippen LogP contribution in [0.1, 0.15) is 26.7 Å². The summed E-state index contributed by atoms with van der Waals surface area (Å²) in [6, 6.07) is 7.92. The van der Waals surface area contributed by atoms with Crippen molar-refractivity contribution in [3.8, 4) is 22.8 Å². The van der Waals surface area contributed by atoms with Crippen molar-refractivity contribution in [2.24, 2.45) is 0 Å². The van der Waals surface area contributed by atoms with Gasteiger partial charge in [0.05, 0.1) is 18.9 Å². The first kappa shape index (κ1) is 15.2. The Labute approximate surface area is 125 Å². The van der Waals surface area contributed by atoms with Crippen molar-refractivity contribution in [2.75, 3.05) is 25.6 Å². The Hall–Kier alpha value is -2.17. The van der Waals surface area contributed by atoms with Crippen molar-refractivity contribution in [2.45, 2.75) is 26.7 Å². The first-order valence-corrected chi connectivity index (χ1v) is 7.41. The third-order valence-electron chi connectivity index (χ3n) is 3.01. The van der Waals surface area contributed by atoms with Gasteiger partial charge in [-0.1, -0.05) is 13.8 Å². The van der Waals surface area contributed by atoms with E-state index in [9.17, 15) is 0 Å². The molecule has 21 heavy (non-hydrogen) atoms. The van der Waals surface area contributed by atoms with Crippen molar-refractivity contribution in [1.29, 1.82) is 0 Å². The maximum atomic E-state index is 5.80. The Morgan fingerprint density at radius 1 is 1.05 bits per heavy atom. The maximum absolute atomic E-state index is 5.80. The van der Waals surface area contributed by atoms with Gasteiger partial charge in [-0.3, -0.25) is 5.10 Å². The molecule has 2 aromatic rings. The Morgan fingerprint density at radius 3 is 2.38 bits per heavy atom. The smallest absolute Gasteiger partial charge is 0.161 e. The fourth-order valence-electron chi connectivity index (χ4n) is 1.93. The van der Waals surface area contributed by atoms with E-state index >= 15 is 0 Å². The van der Waals surface area contributed by atoms with Gasteiger partial charge in [-0.25, -0.2) is 0 Å². The number of anilines is 1. The number of nitrogens with zero attached hydrogens (tertiary/aromatic N) is 1. The van der Waals surface area contributed by atoms with E-state index in [4.69, 9.17) is 9.47 Å². The van der Waals surface area contributed by atoms with Crippen molar-refractivity contribution in [1.82, 2.24) is 10.2 Å². The molecule has 2 N–H and O–H groups in total. The second-order valence-electron chi connectivity index (χ2n) is 4.78. The third kappa shape index (κ3) is 3.90. The van der Waals surface area contributed by atoms with Gasteiger partial charge in [-0.05, 0) is 31.0 Å². The van der Waals surface area contributed by atoms with E-state index in [1.807, 2.05) is 31.3 Å². The lowest BCUT2D eigenvalue weighted by molar-refractivity contribution is 0.268. The standard InChI is InChI=1S/C16H23N3O2/c1-4-8-20-14-7-6-12(10-15(14)21-9-5-2)13-11-16(17-3)19-18-13/h6-7,10-11H,4-5,8-9H2,1-3H3,(H2,17,18,19). The second kappa shape index (κ2) is 7.57. The Kier molecular flexibility index (Phi) is 5.49. The van der Waals surface area contributed by atoms with Gasteiger partial charge >= 0.3 is 0 Å². The number of rotatable bonds is 8. The maximum Gasteiger partial charge on any atom is 0.161 e. The quantitative estimate of drug-likeness (QED) is 0.778. The van der Waals surface area contributed by atoms with Crippen molar-refractivity contribution in [3.05, 3.63) is 24.3 Å². The molecule has 0 fully saturated rings. The summed E-state index contributed by atoms with van der Waals surface area (Å²) in [4.78, 5) is 0. The molecule has 0 spiro atoms. The number of benzene rings is 1. The largest absolute Gasteiger partial charge is 0.490 e. The van der Waals surface area contributed by atoms with Gasteiger partial charge in [0, 0.05) is 18.7 Å². The Bertz CT molecular complexity index is 566. The normalized spacial score (nSPS) is 10.4. The topological polar surface area (TPSA) is 59.2 Å². The van der Waals surface area contributed by atoms with Gasteiger partial charge < -0.3 is 14.8 Å². The van der Waals surface area contributed by atoms with Gasteiger partial charge in [0.25, 0.3) is 0 Å². The molecular formula is C16H23N3O2. The molecule has 1 heterocycles. The van der Waals surface area contributed by atoms with Gasteiger partial charge in [0.2, 0.25) is 0 Å². The van der Waals surface area contributed by atoms with Crippen LogP contribution in [0.2, 0.25) is 0 Å². The van der Waals surface area contributed by atoms with E-state index in [1.54, 1.807) is 0 Å². The predicted molar refractivity (Wildman–Crippen MR) is 85.1 cm³/mol. The second-order valence-corrected chi connectivity index (χ2v) is 4.78. The fourth-order valence-corrected chi connectivity index (χ4v) is 1.93. The van der Waals surface area contributed by atoms with Crippen molar-refractivity contribution < 1.29 is 9.47 Å². The number of H-pyrrole nitrogens is 1. The van der Waals surface area contributed by atoms with Crippen LogP contribution in [-0.2, 0) is 0 Å². The van der Waals surface area contributed by atoms with E-state index in [1.165, 1.54) is 0 Å². The van der Waals surface area contributed by atoms with Crippen molar-refractivity contribution in [3.63, 3.8) is 0 Å². The molecule has 1 aromatic heterocycles. The minimum atomic E-state index is 0.677. The SMILES string of the molecule is CCCOc1ccc(-c2cc(NC)n[nH]2)cc1OCCC. The van der Waals surface area contributed by atoms with Crippen molar-refractivity contribution >= 4 is 5.82 Å². The highest BCUT2D eigenvalue weighted by Gasteiger charge is 2.09. The molecular weight excluding hydrogens is 266 g/mol. The zero-order chi connectivity index (χ0) is 15.1. The summed E-state index contributed by atoms with van der Waals surface area (Å²) in [6.07, 6.45) is 1.94. The number of aromatic amines is 1. The van der Waals surface area contributed by atoms with Gasteiger partial charge in [-0.15, -0.1) is 0 Å². The lowest BCUT2D eigenvalue weighted by atomic mass is 10.1. The molecule has 0 aliphatic rings. The van der Waals surface area contributed by atoms with Crippen LogP contribution in [0.4, 0.5) is 5.82 Å². The average molecular weight is 289 g/mol. The monoisotopic (exact) mass is 289 g/mol. The minimum Gasteiger partial charge on any atom is -0.490 e. The molecule has 0 aliphatic carbocycles. The highest BCUT2D eigenvalue weighted by atomic mass is 16.5. The lowest BCUT2D eigenvalue weighted by Crippen LogP contribution is -2.01. The van der Waals surface area contributed by atoms with Crippen LogP contribution >= 0.6 is 0 Å². The van der Waals surface area contributed by atoms with Crippen LogP contribution in [0.25, 0.3) is 11.3 Å². The summed E-state index contributed by atoms with van der Waals surface area (Å²) in [5.41, 5.74) is 1.97. The highest BCUT2D eigenvalue weighted by Crippen LogP contribution is 2.33. The summed E-state index contributed by atoms with van der Waals surface area (Å²) < 4.78 is 11.5. The van der Waals surface area contributed by atoms with Crippen LogP contribution in [0.3, 0.4) is 0 Å². The van der Waals surface area contributed by atoms with E-state index in [2.05, 4.69) is 29.4 Å². The number of aromatic nitrogens is 2. The van der Waals surface area contributed by atoms with Crippen LogP contribution in [-0.4, -0.2) is 30.5 Å². The van der Waals surface area contributed by atoms with Crippen LogP contribution < -0.4 is 14.8 Å². The number of hydrogen-bond donors (Lipinski definition) is 2. The highest BCUT2D eigenvalue weighted by molar-refractivity contribution is 5.66. The molecule has 0 unspecified atom stereocenters. The molecule has 5 heteroatoms. The molecule has 0 amide bonds. The van der Waals surface area contributed by atoms with Crippen LogP contribution in [0.15, 0.2) is 24.3 Å². The number of nitrogens with one attached hydrogen (secondary N) is 2. The fraction of sp³-hybridized carbons (Fsp3) is 0.438. The molecule has 0 radical (unpaired) electrons. The first-order valence-electron chi connectivity index (χ1n) is 7.41. The molecule has 0 bridgehead atoms. The zero-order valence-corrected chi connectivity index (χ0v) is 12.9. The van der Waals surface area contributed by atoms with E-state index in [-0.39, 0.29) is 0 Å². The Morgan fingerprint density at radius 2 is 1.76 bits per heavy atom. The molecule has 0 aliphatic heterocycles. The summed E-state index contributed by atoms with van der Waals surface area (Å²) in [6.45, 7) is 5.54. The van der Waals surface area contributed by atoms with E-state index < -0.39 is 0 Å². The summed E-state index contributed by atoms with van der Waals surface area (Å²) in [5, 5.41) is 10.2. The molecule has 114 valence electrons. The third-order valence-corrected chi connectivity index (χ3v) is 3.01. The summed E-state index contributed by atoms with van der Waals surface area (Å²) >= 11 is 0. The molecule has 1 aromatic carbocycles. The molecule has 0 saturated carbocycles. The first-order chi connectivity index (χ1) is 10.3. The molecule has 0 atom stereocenters. The van der Waals surface area contributed by atoms with Gasteiger partial charge in [0.15, 0.2) is 11.5 Å². The Balaban J connectivity index is 2.26. The van der Waals surface area contributed by atoms with Gasteiger partial charge in [0.1, 0.15) is 5.82 Å². The predicted octanol–water partition coefficient (Wildman–Crippen LogP) is 3.70. The molecule has 5 nitrogen and oxygen atoms in total. The molecule has 2 rings (SSSR count). The minimum absolute atomic E-state index is 0.677. The zero-order valence-electron chi connectivity index (χ0n) is 12.9. The molecule has 0 saturated heterocycles.